The molecule has 1 aromatic heterocycles. The van der Waals surface area contributed by atoms with Gasteiger partial charge in [0.15, 0.2) is 0 Å². The average molecular weight is 293 g/mol. The van der Waals surface area contributed by atoms with Crippen molar-refractivity contribution in [3.63, 3.8) is 0 Å². The highest BCUT2D eigenvalue weighted by Crippen LogP contribution is 2.16. The Hall–Kier alpha value is -2.87. The van der Waals surface area contributed by atoms with Crippen LogP contribution in [0.15, 0.2) is 53.7 Å². The van der Waals surface area contributed by atoms with Crippen molar-refractivity contribution in [1.82, 2.24) is 10.3 Å². The number of aromatic nitrogens is 1. The summed E-state index contributed by atoms with van der Waals surface area (Å²) in [6.07, 6.45) is 4.42. The van der Waals surface area contributed by atoms with Crippen molar-refractivity contribution in [2.45, 2.75) is 26.3 Å². The Bertz CT molecular complexity index is 656. The molecule has 0 saturated carbocycles. The highest BCUT2D eigenvalue weighted by molar-refractivity contribution is 5.94. The van der Waals surface area contributed by atoms with Gasteiger partial charge in [-0.1, -0.05) is 37.3 Å². The molecule has 1 heterocycles. The second-order valence-electron chi connectivity index (χ2n) is 4.89. The summed E-state index contributed by atoms with van der Waals surface area (Å²) in [5, 5.41) is 15.3. The van der Waals surface area contributed by atoms with Gasteiger partial charge in [-0.3, -0.25) is 4.98 Å². The molecule has 1 aromatic carbocycles. The van der Waals surface area contributed by atoms with Crippen molar-refractivity contribution < 1.29 is 0 Å². The highest BCUT2D eigenvalue weighted by Gasteiger charge is 2.11. The molecule has 0 radical (unpaired) electrons. The van der Waals surface area contributed by atoms with Crippen LogP contribution >= 0.6 is 0 Å². The van der Waals surface area contributed by atoms with E-state index in [0.29, 0.717) is 5.96 Å². The van der Waals surface area contributed by atoms with Gasteiger partial charge in [-0.05, 0) is 31.0 Å². The van der Waals surface area contributed by atoms with Crippen molar-refractivity contribution in [2.75, 3.05) is 5.32 Å². The zero-order chi connectivity index (χ0) is 15.8. The number of nitriles is 1. The number of guanidine groups is 1. The Morgan fingerprint density at radius 2 is 2.05 bits per heavy atom. The quantitative estimate of drug-likeness (QED) is 0.515. The van der Waals surface area contributed by atoms with Gasteiger partial charge in [0.25, 0.3) is 0 Å². The molecule has 2 aromatic rings. The van der Waals surface area contributed by atoms with Crippen LogP contribution in [-0.4, -0.2) is 10.9 Å². The SMILES string of the molecule is CC[C@@H](N/C(=N\C#N)Nc1ccc(C)nc1)c1ccccc1. The lowest BCUT2D eigenvalue weighted by Crippen LogP contribution is -2.33. The molecule has 0 saturated heterocycles. The first-order valence-corrected chi connectivity index (χ1v) is 7.21. The summed E-state index contributed by atoms with van der Waals surface area (Å²) in [7, 11) is 0. The van der Waals surface area contributed by atoms with Gasteiger partial charge < -0.3 is 10.6 Å². The van der Waals surface area contributed by atoms with Gasteiger partial charge in [0.2, 0.25) is 12.2 Å². The van der Waals surface area contributed by atoms with Crippen LogP contribution in [-0.2, 0) is 0 Å². The van der Waals surface area contributed by atoms with Crippen LogP contribution in [0.1, 0.15) is 30.6 Å². The molecule has 112 valence electrons. The van der Waals surface area contributed by atoms with Crippen LogP contribution in [0.5, 0.6) is 0 Å². The summed E-state index contributed by atoms with van der Waals surface area (Å²) in [6.45, 7) is 4.01. The van der Waals surface area contributed by atoms with Gasteiger partial charge >= 0.3 is 0 Å². The minimum Gasteiger partial charge on any atom is -0.348 e. The summed E-state index contributed by atoms with van der Waals surface area (Å²) in [6, 6.07) is 14.0. The molecule has 0 aliphatic rings. The van der Waals surface area contributed by atoms with Crippen molar-refractivity contribution in [1.29, 1.82) is 5.26 Å². The molecule has 0 aliphatic carbocycles. The van der Waals surface area contributed by atoms with Crippen LogP contribution in [0, 0.1) is 18.4 Å². The van der Waals surface area contributed by atoms with Crippen LogP contribution in [0.4, 0.5) is 5.69 Å². The predicted octanol–water partition coefficient (Wildman–Crippen LogP) is 3.38. The van der Waals surface area contributed by atoms with Gasteiger partial charge in [-0.25, -0.2) is 0 Å². The summed E-state index contributed by atoms with van der Waals surface area (Å²) in [5.74, 6) is 0.420. The van der Waals surface area contributed by atoms with E-state index in [1.54, 1.807) is 6.20 Å². The van der Waals surface area contributed by atoms with Crippen molar-refractivity contribution in [2.24, 2.45) is 4.99 Å². The number of aryl methyl sites for hydroxylation is 1. The number of benzene rings is 1. The number of aliphatic imine (C=N–C) groups is 1. The molecule has 0 bridgehead atoms. The maximum atomic E-state index is 8.88. The van der Waals surface area contributed by atoms with E-state index in [0.717, 1.165) is 23.4 Å². The second kappa shape index (κ2) is 7.79. The van der Waals surface area contributed by atoms with E-state index >= 15 is 0 Å². The molecule has 5 nitrogen and oxygen atoms in total. The lowest BCUT2D eigenvalue weighted by molar-refractivity contribution is 0.624. The van der Waals surface area contributed by atoms with Gasteiger partial charge in [-0.2, -0.15) is 5.26 Å². The highest BCUT2D eigenvalue weighted by atomic mass is 15.2. The molecule has 2 rings (SSSR count). The van der Waals surface area contributed by atoms with Crippen molar-refractivity contribution >= 4 is 11.6 Å². The third-order valence-electron chi connectivity index (χ3n) is 3.26. The molecule has 0 fully saturated rings. The second-order valence-corrected chi connectivity index (χ2v) is 4.89. The summed E-state index contributed by atoms with van der Waals surface area (Å²) < 4.78 is 0. The summed E-state index contributed by atoms with van der Waals surface area (Å²) in [4.78, 5) is 8.05. The van der Waals surface area contributed by atoms with Gasteiger partial charge in [0.05, 0.1) is 17.9 Å². The summed E-state index contributed by atoms with van der Waals surface area (Å²) >= 11 is 0. The largest absolute Gasteiger partial charge is 0.348 e. The first kappa shape index (κ1) is 15.5. The van der Waals surface area contributed by atoms with Gasteiger partial charge in [-0.15, -0.1) is 4.99 Å². The zero-order valence-corrected chi connectivity index (χ0v) is 12.7. The van der Waals surface area contributed by atoms with Crippen LogP contribution < -0.4 is 10.6 Å². The molecule has 0 amide bonds. The number of pyridine rings is 1. The normalized spacial score (nSPS) is 12.3. The predicted molar refractivity (Wildman–Crippen MR) is 88.3 cm³/mol. The van der Waals surface area contributed by atoms with Crippen LogP contribution in [0.2, 0.25) is 0 Å². The number of hydrogen-bond donors (Lipinski definition) is 2. The number of nitrogens with one attached hydrogen (secondary N) is 2. The smallest absolute Gasteiger partial charge is 0.212 e. The van der Waals surface area contributed by atoms with E-state index in [2.05, 4.69) is 39.7 Å². The molecular formula is C17H19N5. The fourth-order valence-electron chi connectivity index (χ4n) is 2.10. The van der Waals surface area contributed by atoms with E-state index in [9.17, 15) is 0 Å². The minimum atomic E-state index is 0.0826. The number of anilines is 1. The Morgan fingerprint density at radius 1 is 1.27 bits per heavy atom. The number of hydrogen-bond acceptors (Lipinski definition) is 3. The molecular weight excluding hydrogens is 274 g/mol. The first-order chi connectivity index (χ1) is 10.7. The lowest BCUT2D eigenvalue weighted by Gasteiger charge is -2.20. The Morgan fingerprint density at radius 3 is 2.64 bits per heavy atom. The maximum absolute atomic E-state index is 8.88. The summed E-state index contributed by atoms with van der Waals surface area (Å²) in [5.41, 5.74) is 2.88. The minimum absolute atomic E-state index is 0.0826. The molecule has 0 spiro atoms. The standard InChI is InChI=1S/C17H19N5/c1-3-16(14-7-5-4-6-8-14)22-17(20-12-18)21-15-10-9-13(2)19-11-15/h4-11,16H,3H2,1-2H3,(H2,20,21,22)/t16-/m1/s1. The molecule has 0 unspecified atom stereocenters. The average Bonchev–Trinajstić information content (AvgIpc) is 2.55. The van der Waals surface area contributed by atoms with Crippen LogP contribution in [0.3, 0.4) is 0 Å². The lowest BCUT2D eigenvalue weighted by atomic mass is 10.1. The molecule has 5 heteroatoms. The maximum Gasteiger partial charge on any atom is 0.212 e. The number of nitrogens with zero attached hydrogens (tertiary/aromatic N) is 3. The van der Waals surface area contributed by atoms with E-state index in [1.807, 2.05) is 43.4 Å². The monoisotopic (exact) mass is 293 g/mol. The zero-order valence-electron chi connectivity index (χ0n) is 12.7. The van der Waals surface area contributed by atoms with Crippen molar-refractivity contribution in [3.05, 3.63) is 59.9 Å². The third-order valence-corrected chi connectivity index (χ3v) is 3.26. The van der Waals surface area contributed by atoms with Gasteiger partial charge in [0, 0.05) is 5.69 Å². The Balaban J connectivity index is 2.13. The fourth-order valence-corrected chi connectivity index (χ4v) is 2.10. The fraction of sp³-hybridized carbons (Fsp3) is 0.235. The Labute approximate surface area is 130 Å². The van der Waals surface area contributed by atoms with Gasteiger partial charge in [0.1, 0.15) is 0 Å². The van der Waals surface area contributed by atoms with E-state index in [4.69, 9.17) is 5.26 Å². The number of rotatable bonds is 4. The van der Waals surface area contributed by atoms with E-state index in [1.165, 1.54) is 0 Å². The topological polar surface area (TPSA) is 73.1 Å². The van der Waals surface area contributed by atoms with E-state index in [-0.39, 0.29) is 6.04 Å². The third kappa shape index (κ3) is 4.32. The van der Waals surface area contributed by atoms with Crippen molar-refractivity contribution in [3.8, 4) is 6.19 Å². The molecule has 22 heavy (non-hydrogen) atoms. The molecule has 0 aliphatic heterocycles. The molecule has 2 N–H and O–H groups in total. The molecule has 1 atom stereocenters. The van der Waals surface area contributed by atoms with Crippen LogP contribution in [0.25, 0.3) is 0 Å². The first-order valence-electron chi connectivity index (χ1n) is 7.21. The Kier molecular flexibility index (Phi) is 5.50. The van der Waals surface area contributed by atoms with E-state index < -0.39 is 0 Å².